The number of carbonyl (C=O) groups is 2. The van der Waals surface area contributed by atoms with Crippen molar-refractivity contribution in [2.24, 2.45) is 0 Å². The van der Waals surface area contributed by atoms with E-state index in [1.165, 1.54) is 0 Å². The SMILES string of the molecule is Cl.O=C(N[C@@H](Cc1ccc(CN2CCOCC2)cc1)C(=O)O)OCC1c2ccccc2-c2ccccc21. The van der Waals surface area contributed by atoms with Gasteiger partial charge in [-0.05, 0) is 33.4 Å². The second kappa shape index (κ2) is 12.2. The first-order chi connectivity index (χ1) is 17.6. The number of morpholine rings is 1. The number of fused-ring (bicyclic) bond motifs is 3. The van der Waals surface area contributed by atoms with Crippen molar-refractivity contribution >= 4 is 24.5 Å². The number of hydrogen-bond donors (Lipinski definition) is 2. The van der Waals surface area contributed by atoms with Crippen LogP contribution in [-0.4, -0.2) is 61.0 Å². The molecule has 2 N–H and O–H groups in total. The van der Waals surface area contributed by atoms with Crippen LogP contribution in [0.25, 0.3) is 11.1 Å². The molecule has 1 aliphatic carbocycles. The summed E-state index contributed by atoms with van der Waals surface area (Å²) in [5.74, 6) is -1.17. The summed E-state index contributed by atoms with van der Waals surface area (Å²) >= 11 is 0. The molecule has 3 aromatic rings. The van der Waals surface area contributed by atoms with Gasteiger partial charge in [-0.3, -0.25) is 4.90 Å². The van der Waals surface area contributed by atoms with Gasteiger partial charge in [-0.1, -0.05) is 72.8 Å². The number of halogens is 1. The number of rotatable bonds is 8. The number of carboxylic acids is 1. The largest absolute Gasteiger partial charge is 0.480 e. The van der Waals surface area contributed by atoms with Crippen LogP contribution in [0.4, 0.5) is 4.79 Å². The van der Waals surface area contributed by atoms with Crippen LogP contribution in [0, 0.1) is 0 Å². The number of benzene rings is 3. The Hall–Kier alpha value is -3.39. The minimum Gasteiger partial charge on any atom is -0.480 e. The quantitative estimate of drug-likeness (QED) is 0.453. The van der Waals surface area contributed by atoms with Crippen LogP contribution in [0.1, 0.15) is 28.2 Å². The van der Waals surface area contributed by atoms with Crippen molar-refractivity contribution in [2.75, 3.05) is 32.9 Å². The average Bonchev–Trinajstić information content (AvgIpc) is 3.22. The Kier molecular flexibility index (Phi) is 8.82. The van der Waals surface area contributed by atoms with Crippen LogP contribution in [0.2, 0.25) is 0 Å². The van der Waals surface area contributed by atoms with Crippen molar-refractivity contribution in [3.63, 3.8) is 0 Å². The van der Waals surface area contributed by atoms with E-state index >= 15 is 0 Å². The number of alkyl carbamates (subject to hydrolysis) is 1. The Labute approximate surface area is 222 Å². The number of ether oxygens (including phenoxy) is 2. The lowest BCUT2D eigenvalue weighted by atomic mass is 9.98. The molecule has 1 aliphatic heterocycles. The number of nitrogens with zero attached hydrogens (tertiary/aromatic N) is 1. The molecule has 194 valence electrons. The van der Waals surface area contributed by atoms with Gasteiger partial charge in [-0.15, -0.1) is 12.4 Å². The average molecular weight is 523 g/mol. The van der Waals surface area contributed by atoms with Crippen LogP contribution in [0.5, 0.6) is 0 Å². The highest BCUT2D eigenvalue weighted by molar-refractivity contribution is 5.85. The molecule has 0 aromatic heterocycles. The Morgan fingerprint density at radius 2 is 1.49 bits per heavy atom. The third-order valence-electron chi connectivity index (χ3n) is 6.91. The predicted molar refractivity (Wildman–Crippen MR) is 143 cm³/mol. The number of hydrogen-bond acceptors (Lipinski definition) is 5. The summed E-state index contributed by atoms with van der Waals surface area (Å²) in [5, 5.41) is 12.2. The van der Waals surface area contributed by atoms with Crippen molar-refractivity contribution in [3.05, 3.63) is 95.1 Å². The molecule has 1 heterocycles. The fourth-order valence-corrected chi connectivity index (χ4v) is 5.02. The Morgan fingerprint density at radius 3 is 2.08 bits per heavy atom. The van der Waals surface area contributed by atoms with Crippen molar-refractivity contribution in [1.82, 2.24) is 10.2 Å². The van der Waals surface area contributed by atoms with Crippen LogP contribution in [0.3, 0.4) is 0 Å². The lowest BCUT2D eigenvalue weighted by Crippen LogP contribution is -2.42. The molecule has 2 aliphatic rings. The minimum atomic E-state index is -1.10. The van der Waals surface area contributed by atoms with Crippen molar-refractivity contribution in [1.29, 1.82) is 0 Å². The van der Waals surface area contributed by atoms with E-state index in [0.717, 1.165) is 66.2 Å². The number of carbonyl (C=O) groups excluding carboxylic acids is 1. The van der Waals surface area contributed by atoms with Crippen molar-refractivity contribution in [2.45, 2.75) is 24.9 Å². The molecular formula is C29H31ClN2O5. The van der Waals surface area contributed by atoms with Crippen molar-refractivity contribution in [3.8, 4) is 11.1 Å². The fraction of sp³-hybridized carbons (Fsp3) is 0.310. The molecule has 1 atom stereocenters. The van der Waals surface area contributed by atoms with Gasteiger partial charge in [-0.2, -0.15) is 0 Å². The second-order valence-electron chi connectivity index (χ2n) is 9.27. The maximum absolute atomic E-state index is 12.6. The van der Waals surface area contributed by atoms with Gasteiger partial charge in [0, 0.05) is 32.0 Å². The molecule has 7 nitrogen and oxygen atoms in total. The molecule has 37 heavy (non-hydrogen) atoms. The lowest BCUT2D eigenvalue weighted by molar-refractivity contribution is -0.139. The summed E-state index contributed by atoms with van der Waals surface area (Å²) in [6.45, 7) is 4.30. The van der Waals surface area contributed by atoms with E-state index in [2.05, 4.69) is 22.3 Å². The van der Waals surface area contributed by atoms with E-state index in [1.54, 1.807) is 0 Å². The predicted octanol–water partition coefficient (Wildman–Crippen LogP) is 4.48. The van der Waals surface area contributed by atoms with E-state index < -0.39 is 18.1 Å². The first-order valence-corrected chi connectivity index (χ1v) is 12.3. The molecule has 1 amide bonds. The lowest BCUT2D eigenvalue weighted by Gasteiger charge is -2.26. The maximum Gasteiger partial charge on any atom is 0.407 e. The molecule has 3 aromatic carbocycles. The van der Waals surface area contributed by atoms with Gasteiger partial charge in [0.15, 0.2) is 0 Å². The van der Waals surface area contributed by atoms with Gasteiger partial charge in [0.1, 0.15) is 12.6 Å². The molecule has 0 unspecified atom stereocenters. The molecule has 1 saturated heterocycles. The van der Waals surface area contributed by atoms with E-state index in [-0.39, 0.29) is 31.4 Å². The minimum absolute atomic E-state index is 0. The normalized spacial score (nSPS) is 15.7. The summed E-state index contributed by atoms with van der Waals surface area (Å²) in [7, 11) is 0. The summed E-state index contributed by atoms with van der Waals surface area (Å²) < 4.78 is 10.9. The van der Waals surface area contributed by atoms with Gasteiger partial charge in [0.05, 0.1) is 13.2 Å². The zero-order valence-corrected chi connectivity index (χ0v) is 21.3. The number of nitrogens with one attached hydrogen (secondary N) is 1. The third-order valence-corrected chi connectivity index (χ3v) is 6.91. The smallest absolute Gasteiger partial charge is 0.407 e. The molecular weight excluding hydrogens is 492 g/mol. The molecule has 0 radical (unpaired) electrons. The first-order valence-electron chi connectivity index (χ1n) is 12.3. The van der Waals surface area contributed by atoms with Gasteiger partial charge in [0.2, 0.25) is 0 Å². The molecule has 8 heteroatoms. The van der Waals surface area contributed by atoms with E-state index in [1.807, 2.05) is 60.7 Å². The third kappa shape index (κ3) is 6.31. The second-order valence-corrected chi connectivity index (χ2v) is 9.27. The topological polar surface area (TPSA) is 88.1 Å². The Bertz CT molecular complexity index is 1180. The molecule has 0 spiro atoms. The summed E-state index contributed by atoms with van der Waals surface area (Å²) in [6.07, 6.45) is -0.551. The van der Waals surface area contributed by atoms with Crippen LogP contribution < -0.4 is 5.32 Å². The van der Waals surface area contributed by atoms with Gasteiger partial charge >= 0.3 is 12.1 Å². The first kappa shape index (κ1) is 26.7. The highest BCUT2D eigenvalue weighted by atomic mass is 35.5. The standard InChI is InChI=1S/C29H30N2O5.ClH/c32-28(33)27(17-20-9-11-21(12-10-20)18-31-13-15-35-16-14-31)30-29(34)36-19-26-24-7-3-1-5-22(24)23-6-2-4-8-25(23)26;/h1-12,26-27H,13-19H2,(H,30,34)(H,32,33);1H/t27-;/m0./s1. The van der Waals surface area contributed by atoms with Crippen LogP contribution in [-0.2, 0) is 27.2 Å². The highest BCUT2D eigenvalue weighted by Gasteiger charge is 2.29. The molecule has 0 bridgehead atoms. The van der Waals surface area contributed by atoms with Crippen LogP contribution in [0.15, 0.2) is 72.8 Å². The molecule has 1 fully saturated rings. The van der Waals surface area contributed by atoms with Gasteiger partial charge in [-0.25, -0.2) is 9.59 Å². The Balaban J connectivity index is 0.00000320. The summed E-state index contributed by atoms with van der Waals surface area (Å²) in [5.41, 5.74) is 6.51. The van der Waals surface area contributed by atoms with E-state index in [0.29, 0.717) is 0 Å². The highest BCUT2D eigenvalue weighted by Crippen LogP contribution is 2.44. The fourth-order valence-electron chi connectivity index (χ4n) is 5.02. The number of aliphatic carboxylic acids is 1. The number of carboxylic acid groups (broad SMARTS) is 1. The summed E-state index contributed by atoms with van der Waals surface area (Å²) in [4.78, 5) is 26.8. The van der Waals surface area contributed by atoms with Gasteiger partial charge in [0.25, 0.3) is 0 Å². The Morgan fingerprint density at radius 1 is 0.919 bits per heavy atom. The number of amides is 1. The summed E-state index contributed by atoms with van der Waals surface area (Å²) in [6, 6.07) is 23.0. The molecule has 5 rings (SSSR count). The van der Waals surface area contributed by atoms with Crippen LogP contribution >= 0.6 is 12.4 Å². The van der Waals surface area contributed by atoms with Crippen molar-refractivity contribution < 1.29 is 24.2 Å². The van der Waals surface area contributed by atoms with E-state index in [4.69, 9.17) is 9.47 Å². The zero-order valence-electron chi connectivity index (χ0n) is 20.5. The monoisotopic (exact) mass is 522 g/mol. The van der Waals surface area contributed by atoms with E-state index in [9.17, 15) is 14.7 Å². The maximum atomic E-state index is 12.6. The molecule has 0 saturated carbocycles. The zero-order chi connectivity index (χ0) is 24.9. The van der Waals surface area contributed by atoms with Gasteiger partial charge < -0.3 is 19.9 Å².